The second-order valence-corrected chi connectivity index (χ2v) is 6.82. The molecule has 0 aliphatic heterocycles. The van der Waals surface area contributed by atoms with Crippen molar-refractivity contribution in [3.8, 4) is 0 Å². The van der Waals surface area contributed by atoms with Crippen LogP contribution < -0.4 is 5.73 Å². The Balaban J connectivity index is 2.77. The van der Waals surface area contributed by atoms with E-state index in [2.05, 4.69) is 5.10 Å². The minimum Gasteiger partial charge on any atom is -0.329 e. The quantitative estimate of drug-likeness (QED) is 0.683. The Labute approximate surface area is 121 Å². The van der Waals surface area contributed by atoms with Crippen molar-refractivity contribution in [2.24, 2.45) is 5.73 Å². The molecule has 1 heterocycles. The zero-order chi connectivity index (χ0) is 15.2. The molecule has 1 aromatic rings. The van der Waals surface area contributed by atoms with Crippen molar-refractivity contribution in [1.29, 1.82) is 0 Å². The lowest BCUT2D eigenvalue weighted by atomic mass is 10.4. The van der Waals surface area contributed by atoms with Gasteiger partial charge in [-0.3, -0.25) is 4.68 Å². The first kappa shape index (κ1) is 17.1. The van der Waals surface area contributed by atoms with E-state index in [1.54, 1.807) is 4.68 Å². The average molecular weight is 303 g/mol. The Morgan fingerprint density at radius 2 is 2.05 bits per heavy atom. The van der Waals surface area contributed by atoms with Gasteiger partial charge in [-0.05, 0) is 27.1 Å². The highest BCUT2D eigenvalue weighted by atomic mass is 32.2. The van der Waals surface area contributed by atoms with Gasteiger partial charge in [-0.1, -0.05) is 6.92 Å². The van der Waals surface area contributed by atoms with Gasteiger partial charge >= 0.3 is 0 Å². The molecule has 20 heavy (non-hydrogen) atoms. The van der Waals surface area contributed by atoms with Crippen LogP contribution >= 0.6 is 0 Å². The van der Waals surface area contributed by atoms with Crippen molar-refractivity contribution in [3.05, 3.63) is 12.4 Å². The van der Waals surface area contributed by atoms with Gasteiger partial charge in [-0.15, -0.1) is 0 Å². The first-order chi connectivity index (χ1) is 9.41. The van der Waals surface area contributed by atoms with Crippen LogP contribution in [-0.4, -0.2) is 67.7 Å². The number of rotatable bonds is 9. The SMILES string of the molecule is CCN(CCCN(C)C)S(=O)(=O)c1cnn(CCN)c1. The van der Waals surface area contributed by atoms with Crippen LogP contribution in [0.15, 0.2) is 17.3 Å². The van der Waals surface area contributed by atoms with E-state index in [-0.39, 0.29) is 4.90 Å². The summed E-state index contributed by atoms with van der Waals surface area (Å²) in [4.78, 5) is 2.28. The van der Waals surface area contributed by atoms with Crippen LogP contribution in [0.4, 0.5) is 0 Å². The van der Waals surface area contributed by atoms with Gasteiger partial charge in [0.25, 0.3) is 0 Å². The van der Waals surface area contributed by atoms with Crippen LogP contribution in [0, 0.1) is 0 Å². The van der Waals surface area contributed by atoms with Gasteiger partial charge in [-0.25, -0.2) is 8.42 Å². The molecular formula is C12H25N5O2S. The van der Waals surface area contributed by atoms with E-state index in [1.807, 2.05) is 25.9 Å². The summed E-state index contributed by atoms with van der Waals surface area (Å²) in [6.45, 7) is 4.62. The van der Waals surface area contributed by atoms with E-state index < -0.39 is 10.0 Å². The molecule has 0 fully saturated rings. The Morgan fingerprint density at radius 3 is 2.60 bits per heavy atom. The average Bonchev–Trinajstić information content (AvgIpc) is 2.84. The van der Waals surface area contributed by atoms with Crippen molar-refractivity contribution in [2.75, 3.05) is 40.3 Å². The lowest BCUT2D eigenvalue weighted by Crippen LogP contribution is -2.33. The second-order valence-electron chi connectivity index (χ2n) is 4.88. The highest BCUT2D eigenvalue weighted by Crippen LogP contribution is 2.15. The minimum absolute atomic E-state index is 0.234. The second kappa shape index (κ2) is 7.72. The third-order valence-electron chi connectivity index (χ3n) is 2.97. The number of nitrogens with zero attached hydrogens (tertiary/aromatic N) is 4. The third kappa shape index (κ3) is 4.55. The standard InChI is InChI=1S/C12H25N5O2S/c1-4-17(8-5-7-15(2)3)20(18,19)12-10-14-16(11-12)9-6-13/h10-11H,4-9,13H2,1-3H3. The lowest BCUT2D eigenvalue weighted by Gasteiger charge is -2.20. The molecule has 1 aromatic heterocycles. The number of aromatic nitrogens is 2. The molecule has 0 amide bonds. The van der Waals surface area contributed by atoms with Crippen LogP contribution in [0.1, 0.15) is 13.3 Å². The molecule has 0 aliphatic rings. The number of nitrogens with two attached hydrogens (primary N) is 1. The molecule has 0 spiro atoms. The largest absolute Gasteiger partial charge is 0.329 e. The minimum atomic E-state index is -3.46. The first-order valence-corrected chi connectivity index (χ1v) is 8.23. The summed E-state index contributed by atoms with van der Waals surface area (Å²) < 4.78 is 28.0. The fourth-order valence-corrected chi connectivity index (χ4v) is 3.34. The predicted octanol–water partition coefficient (Wildman–Crippen LogP) is -0.196. The summed E-state index contributed by atoms with van der Waals surface area (Å²) in [5, 5.41) is 4.02. The van der Waals surface area contributed by atoms with Gasteiger partial charge in [0.05, 0.1) is 12.7 Å². The van der Waals surface area contributed by atoms with E-state index in [0.717, 1.165) is 13.0 Å². The van der Waals surface area contributed by atoms with Crippen molar-refractivity contribution in [1.82, 2.24) is 19.0 Å². The molecular weight excluding hydrogens is 278 g/mol. The molecule has 0 saturated heterocycles. The smallest absolute Gasteiger partial charge is 0.246 e. The van der Waals surface area contributed by atoms with Gasteiger partial charge in [0.1, 0.15) is 4.90 Å². The van der Waals surface area contributed by atoms with E-state index >= 15 is 0 Å². The van der Waals surface area contributed by atoms with Gasteiger partial charge in [0.2, 0.25) is 10.0 Å². The highest BCUT2D eigenvalue weighted by molar-refractivity contribution is 7.89. The van der Waals surface area contributed by atoms with Crippen molar-refractivity contribution >= 4 is 10.0 Å². The molecule has 116 valence electrons. The van der Waals surface area contributed by atoms with Crippen molar-refractivity contribution in [3.63, 3.8) is 0 Å². The zero-order valence-corrected chi connectivity index (χ0v) is 13.3. The molecule has 0 aliphatic carbocycles. The van der Waals surface area contributed by atoms with E-state index in [0.29, 0.717) is 26.2 Å². The van der Waals surface area contributed by atoms with Crippen LogP contribution in [0.5, 0.6) is 0 Å². The summed E-state index contributed by atoms with van der Waals surface area (Å²) in [6.07, 6.45) is 3.73. The van der Waals surface area contributed by atoms with Gasteiger partial charge in [0, 0.05) is 25.8 Å². The molecule has 0 atom stereocenters. The molecule has 0 aromatic carbocycles. The van der Waals surface area contributed by atoms with Crippen molar-refractivity contribution < 1.29 is 8.42 Å². The summed E-state index contributed by atoms with van der Waals surface area (Å²) in [6, 6.07) is 0. The van der Waals surface area contributed by atoms with E-state index in [9.17, 15) is 8.42 Å². The summed E-state index contributed by atoms with van der Waals surface area (Å²) in [5.41, 5.74) is 5.43. The molecule has 0 radical (unpaired) electrons. The number of hydrogen-bond acceptors (Lipinski definition) is 5. The van der Waals surface area contributed by atoms with Crippen LogP contribution in [-0.2, 0) is 16.6 Å². The normalized spacial score (nSPS) is 12.5. The topological polar surface area (TPSA) is 84.5 Å². The maximum atomic E-state index is 12.5. The summed E-state index contributed by atoms with van der Waals surface area (Å²) in [5.74, 6) is 0. The molecule has 0 saturated carbocycles. The third-order valence-corrected chi connectivity index (χ3v) is 4.90. The maximum absolute atomic E-state index is 12.5. The molecule has 7 nitrogen and oxygen atoms in total. The molecule has 2 N–H and O–H groups in total. The Kier molecular flexibility index (Phi) is 6.60. The summed E-state index contributed by atoms with van der Waals surface area (Å²) >= 11 is 0. The van der Waals surface area contributed by atoms with Crippen molar-refractivity contribution in [2.45, 2.75) is 24.8 Å². The molecule has 0 unspecified atom stereocenters. The van der Waals surface area contributed by atoms with Gasteiger partial charge < -0.3 is 10.6 Å². The summed E-state index contributed by atoms with van der Waals surface area (Å²) in [7, 11) is 0.492. The van der Waals surface area contributed by atoms with Gasteiger partial charge in [-0.2, -0.15) is 9.40 Å². The zero-order valence-electron chi connectivity index (χ0n) is 12.5. The fourth-order valence-electron chi connectivity index (χ4n) is 1.89. The maximum Gasteiger partial charge on any atom is 0.246 e. The van der Waals surface area contributed by atoms with Gasteiger partial charge in [0.15, 0.2) is 0 Å². The molecule has 1 rings (SSSR count). The fraction of sp³-hybridized carbons (Fsp3) is 0.750. The lowest BCUT2D eigenvalue weighted by molar-refractivity contribution is 0.356. The van der Waals surface area contributed by atoms with Crippen LogP contribution in [0.3, 0.4) is 0 Å². The Hall–Kier alpha value is -0.960. The molecule has 8 heteroatoms. The predicted molar refractivity (Wildman–Crippen MR) is 78.9 cm³/mol. The molecule has 0 bridgehead atoms. The highest BCUT2D eigenvalue weighted by Gasteiger charge is 2.24. The number of sulfonamides is 1. The van der Waals surface area contributed by atoms with E-state index in [4.69, 9.17) is 5.73 Å². The van der Waals surface area contributed by atoms with Crippen LogP contribution in [0.25, 0.3) is 0 Å². The van der Waals surface area contributed by atoms with E-state index in [1.165, 1.54) is 16.7 Å². The monoisotopic (exact) mass is 303 g/mol. The van der Waals surface area contributed by atoms with Crippen LogP contribution in [0.2, 0.25) is 0 Å². The Morgan fingerprint density at radius 1 is 1.35 bits per heavy atom. The number of hydrogen-bond donors (Lipinski definition) is 1. The Bertz CT molecular complexity index is 498. The first-order valence-electron chi connectivity index (χ1n) is 6.79.